The van der Waals surface area contributed by atoms with Gasteiger partial charge in [0.2, 0.25) is 5.91 Å². The van der Waals surface area contributed by atoms with E-state index in [1.165, 1.54) is 6.20 Å². The Balaban J connectivity index is 1.94. The van der Waals surface area contributed by atoms with Gasteiger partial charge < -0.3 is 5.32 Å². The van der Waals surface area contributed by atoms with Crippen LogP contribution in [-0.4, -0.2) is 15.9 Å². The normalized spacial score (nSPS) is 10.3. The number of pyridine rings is 2. The van der Waals surface area contributed by atoms with E-state index in [0.717, 1.165) is 23.1 Å². The molecule has 0 spiro atoms. The Morgan fingerprint density at radius 3 is 2.65 bits per heavy atom. The summed E-state index contributed by atoms with van der Waals surface area (Å²) in [4.78, 5) is 19.8. The zero-order chi connectivity index (χ0) is 14.5. The molecule has 1 N–H and O–H groups in total. The lowest BCUT2D eigenvalue weighted by Gasteiger charge is -2.07. The van der Waals surface area contributed by atoms with Gasteiger partial charge in [0.15, 0.2) is 0 Å². The van der Waals surface area contributed by atoms with Gasteiger partial charge >= 0.3 is 0 Å². The van der Waals surface area contributed by atoms with Gasteiger partial charge in [0.05, 0.1) is 12.6 Å². The van der Waals surface area contributed by atoms with E-state index in [1.807, 2.05) is 26.0 Å². The lowest BCUT2D eigenvalue weighted by atomic mass is 10.1. The van der Waals surface area contributed by atoms with Gasteiger partial charge in [-0.15, -0.1) is 0 Å². The maximum Gasteiger partial charge on any atom is 0.224 e. The van der Waals surface area contributed by atoms with E-state index in [9.17, 15) is 9.18 Å². The zero-order valence-corrected chi connectivity index (χ0v) is 11.5. The van der Waals surface area contributed by atoms with Crippen LogP contribution in [0.5, 0.6) is 0 Å². The Morgan fingerprint density at radius 2 is 2.00 bits per heavy atom. The lowest BCUT2D eigenvalue weighted by molar-refractivity contribution is -0.120. The first-order valence-electron chi connectivity index (χ1n) is 6.34. The van der Waals surface area contributed by atoms with Crippen LogP contribution in [0.15, 0.2) is 30.6 Å². The van der Waals surface area contributed by atoms with E-state index in [-0.39, 0.29) is 18.9 Å². The molecule has 0 aliphatic carbocycles. The van der Waals surface area contributed by atoms with Crippen LogP contribution in [0.2, 0.25) is 0 Å². The fraction of sp³-hybridized carbons (Fsp3) is 0.267. The van der Waals surface area contributed by atoms with Gasteiger partial charge in [-0.3, -0.25) is 14.8 Å². The van der Waals surface area contributed by atoms with Crippen molar-refractivity contribution in [3.8, 4) is 0 Å². The van der Waals surface area contributed by atoms with Crippen molar-refractivity contribution in [1.29, 1.82) is 0 Å². The van der Waals surface area contributed by atoms with Crippen molar-refractivity contribution >= 4 is 5.91 Å². The highest BCUT2D eigenvalue weighted by atomic mass is 19.1. The molecule has 2 heterocycles. The first-order valence-corrected chi connectivity index (χ1v) is 6.34. The summed E-state index contributed by atoms with van der Waals surface area (Å²) in [6.07, 6.45) is 2.90. The molecule has 4 nitrogen and oxygen atoms in total. The average molecular weight is 273 g/mol. The predicted octanol–water partition coefficient (Wildman–Crippen LogP) is 2.09. The number of rotatable bonds is 4. The van der Waals surface area contributed by atoms with Crippen molar-refractivity contribution in [2.24, 2.45) is 0 Å². The van der Waals surface area contributed by atoms with Crippen molar-refractivity contribution in [3.05, 3.63) is 58.9 Å². The first-order chi connectivity index (χ1) is 9.54. The third kappa shape index (κ3) is 3.85. The number of halogens is 1. The molecule has 5 heteroatoms. The highest BCUT2D eigenvalue weighted by molar-refractivity contribution is 5.78. The quantitative estimate of drug-likeness (QED) is 0.928. The monoisotopic (exact) mass is 273 g/mol. The highest BCUT2D eigenvalue weighted by Crippen LogP contribution is 2.07. The van der Waals surface area contributed by atoms with Gasteiger partial charge in [-0.1, -0.05) is 0 Å². The molecular weight excluding hydrogens is 257 g/mol. The van der Waals surface area contributed by atoms with Crippen LogP contribution in [0, 0.1) is 19.7 Å². The Bertz CT molecular complexity index is 608. The summed E-state index contributed by atoms with van der Waals surface area (Å²) in [5.41, 5.74) is 3.10. The molecule has 0 atom stereocenters. The van der Waals surface area contributed by atoms with Gasteiger partial charge in [0.1, 0.15) is 5.82 Å². The Morgan fingerprint density at radius 1 is 1.30 bits per heavy atom. The van der Waals surface area contributed by atoms with E-state index in [4.69, 9.17) is 0 Å². The standard InChI is InChI=1S/C15H16FN3O/c1-10-5-12(6-11(2)19-10)7-15(20)18-8-13-3-4-17-9-14(13)16/h3-6,9H,7-8H2,1-2H3,(H,18,20). The van der Waals surface area contributed by atoms with Gasteiger partial charge in [0.25, 0.3) is 0 Å². The summed E-state index contributed by atoms with van der Waals surface area (Å²) in [6.45, 7) is 3.94. The Kier molecular flexibility index (Phi) is 4.40. The summed E-state index contributed by atoms with van der Waals surface area (Å²) < 4.78 is 13.4. The molecule has 0 aromatic carbocycles. The first kappa shape index (κ1) is 14.1. The highest BCUT2D eigenvalue weighted by Gasteiger charge is 2.07. The molecular formula is C15H16FN3O. The fourth-order valence-electron chi connectivity index (χ4n) is 2.01. The number of aryl methyl sites for hydroxylation is 2. The van der Waals surface area contributed by atoms with Crippen LogP contribution in [0.4, 0.5) is 4.39 Å². The molecule has 0 unspecified atom stereocenters. The second-order valence-electron chi connectivity index (χ2n) is 4.68. The number of hydrogen-bond acceptors (Lipinski definition) is 3. The van der Waals surface area contributed by atoms with Crippen molar-refractivity contribution in [2.45, 2.75) is 26.8 Å². The summed E-state index contributed by atoms with van der Waals surface area (Å²) in [5.74, 6) is -0.561. The molecule has 0 aliphatic heterocycles. The number of nitrogens with one attached hydrogen (secondary N) is 1. The number of carbonyl (C=O) groups excluding carboxylic acids is 1. The maximum absolute atomic E-state index is 13.4. The molecule has 0 bridgehead atoms. The molecule has 0 fully saturated rings. The molecule has 2 aromatic heterocycles. The van der Waals surface area contributed by atoms with Gasteiger partial charge in [-0.05, 0) is 37.6 Å². The van der Waals surface area contributed by atoms with Gasteiger partial charge in [-0.25, -0.2) is 4.39 Å². The second kappa shape index (κ2) is 6.23. The zero-order valence-electron chi connectivity index (χ0n) is 11.5. The van der Waals surface area contributed by atoms with Crippen molar-refractivity contribution in [2.75, 3.05) is 0 Å². The maximum atomic E-state index is 13.4. The third-order valence-electron chi connectivity index (χ3n) is 2.84. The van der Waals surface area contributed by atoms with Crippen LogP contribution in [0.25, 0.3) is 0 Å². The molecule has 0 aliphatic rings. The second-order valence-corrected chi connectivity index (χ2v) is 4.68. The van der Waals surface area contributed by atoms with E-state index >= 15 is 0 Å². The van der Waals surface area contributed by atoms with Crippen LogP contribution < -0.4 is 5.32 Å². The SMILES string of the molecule is Cc1cc(CC(=O)NCc2ccncc2F)cc(C)n1. The Hall–Kier alpha value is -2.30. The number of aromatic nitrogens is 2. The van der Waals surface area contributed by atoms with Gasteiger partial charge in [-0.2, -0.15) is 0 Å². The smallest absolute Gasteiger partial charge is 0.224 e. The van der Waals surface area contributed by atoms with E-state index in [0.29, 0.717) is 5.56 Å². The molecule has 2 rings (SSSR count). The molecule has 1 amide bonds. The minimum Gasteiger partial charge on any atom is -0.352 e. The minimum atomic E-state index is -0.414. The molecule has 104 valence electrons. The minimum absolute atomic E-state index is 0.147. The van der Waals surface area contributed by atoms with Crippen molar-refractivity contribution in [1.82, 2.24) is 15.3 Å². The van der Waals surface area contributed by atoms with Gasteiger partial charge in [0, 0.05) is 29.7 Å². The van der Waals surface area contributed by atoms with Crippen LogP contribution >= 0.6 is 0 Å². The number of amides is 1. The number of nitrogens with zero attached hydrogens (tertiary/aromatic N) is 2. The third-order valence-corrected chi connectivity index (χ3v) is 2.84. The van der Waals surface area contributed by atoms with Crippen LogP contribution in [0.1, 0.15) is 22.5 Å². The molecule has 0 saturated heterocycles. The number of carbonyl (C=O) groups is 1. The molecule has 0 radical (unpaired) electrons. The van der Waals surface area contributed by atoms with E-state index < -0.39 is 5.82 Å². The molecule has 20 heavy (non-hydrogen) atoms. The van der Waals surface area contributed by atoms with Crippen molar-refractivity contribution < 1.29 is 9.18 Å². The summed E-state index contributed by atoms with van der Waals surface area (Å²) in [7, 11) is 0. The topological polar surface area (TPSA) is 54.9 Å². The summed E-state index contributed by atoms with van der Waals surface area (Å²) in [6, 6.07) is 5.30. The number of hydrogen-bond donors (Lipinski definition) is 1. The Labute approximate surface area is 117 Å². The molecule has 0 saturated carbocycles. The van der Waals surface area contributed by atoms with Crippen LogP contribution in [-0.2, 0) is 17.8 Å². The average Bonchev–Trinajstić information content (AvgIpc) is 2.36. The summed E-state index contributed by atoms with van der Waals surface area (Å²) >= 11 is 0. The lowest BCUT2D eigenvalue weighted by Crippen LogP contribution is -2.25. The van der Waals surface area contributed by atoms with E-state index in [2.05, 4.69) is 15.3 Å². The fourth-order valence-corrected chi connectivity index (χ4v) is 2.01. The predicted molar refractivity (Wildman–Crippen MR) is 73.5 cm³/mol. The van der Waals surface area contributed by atoms with E-state index in [1.54, 1.807) is 6.07 Å². The summed E-state index contributed by atoms with van der Waals surface area (Å²) in [5, 5.41) is 2.70. The molecule has 2 aromatic rings. The van der Waals surface area contributed by atoms with Crippen molar-refractivity contribution in [3.63, 3.8) is 0 Å². The largest absolute Gasteiger partial charge is 0.352 e. The van der Waals surface area contributed by atoms with Crippen LogP contribution in [0.3, 0.4) is 0 Å².